The second-order valence-corrected chi connectivity index (χ2v) is 5.95. The van der Waals surface area contributed by atoms with Gasteiger partial charge in [0.15, 0.2) is 0 Å². The minimum absolute atomic E-state index is 0.110. The van der Waals surface area contributed by atoms with Gasteiger partial charge in [0.2, 0.25) is 10.0 Å². The molecular formula is C9H13ClN2O2S. The lowest BCUT2D eigenvalue weighted by Gasteiger charge is -2.14. The fourth-order valence-corrected chi connectivity index (χ4v) is 2.64. The van der Waals surface area contributed by atoms with Gasteiger partial charge in [-0.05, 0) is 19.9 Å². The van der Waals surface area contributed by atoms with Crippen molar-refractivity contribution in [3.8, 4) is 0 Å². The van der Waals surface area contributed by atoms with E-state index in [4.69, 9.17) is 11.6 Å². The van der Waals surface area contributed by atoms with Crippen molar-refractivity contribution in [2.75, 3.05) is 14.1 Å². The maximum atomic E-state index is 11.9. The molecule has 0 N–H and O–H groups in total. The molecule has 0 spiro atoms. The zero-order valence-corrected chi connectivity index (χ0v) is 10.6. The van der Waals surface area contributed by atoms with E-state index in [1.807, 2.05) is 0 Å². The Balaban J connectivity index is 3.52. The zero-order chi connectivity index (χ0) is 11.8. The van der Waals surface area contributed by atoms with Crippen molar-refractivity contribution in [2.24, 2.45) is 0 Å². The summed E-state index contributed by atoms with van der Waals surface area (Å²) >= 11 is 5.93. The fourth-order valence-electron chi connectivity index (χ4n) is 1.16. The lowest BCUT2D eigenvalue weighted by atomic mass is 10.3. The number of nitrogens with zero attached hydrogens (tertiary/aromatic N) is 2. The number of hydrogen-bond acceptors (Lipinski definition) is 3. The highest BCUT2D eigenvalue weighted by Gasteiger charge is 2.22. The van der Waals surface area contributed by atoms with Crippen LogP contribution in [0.15, 0.2) is 11.0 Å². The molecule has 0 aliphatic carbocycles. The largest absolute Gasteiger partial charge is 0.257 e. The number of rotatable bonds is 2. The molecule has 0 unspecified atom stereocenters. The second kappa shape index (κ2) is 4.08. The molecule has 6 heteroatoms. The molecule has 1 heterocycles. The molecule has 84 valence electrons. The Bertz CT molecular complexity index is 483. The number of aromatic nitrogens is 1. The lowest BCUT2D eigenvalue weighted by Crippen LogP contribution is -2.23. The van der Waals surface area contributed by atoms with Gasteiger partial charge in [0.05, 0.1) is 10.7 Å². The summed E-state index contributed by atoms with van der Waals surface area (Å²) in [5, 5.41) is 0.189. The summed E-state index contributed by atoms with van der Waals surface area (Å²) < 4.78 is 24.9. The topological polar surface area (TPSA) is 50.3 Å². The van der Waals surface area contributed by atoms with Gasteiger partial charge in [0.25, 0.3) is 0 Å². The van der Waals surface area contributed by atoms with Crippen molar-refractivity contribution in [1.29, 1.82) is 0 Å². The number of hydrogen-bond donors (Lipinski definition) is 0. The van der Waals surface area contributed by atoms with E-state index in [0.29, 0.717) is 11.4 Å². The minimum Gasteiger partial charge on any atom is -0.257 e. The highest BCUT2D eigenvalue weighted by Crippen LogP contribution is 2.26. The highest BCUT2D eigenvalue weighted by atomic mass is 35.5. The first kappa shape index (κ1) is 12.4. The van der Waals surface area contributed by atoms with Gasteiger partial charge in [0.1, 0.15) is 4.90 Å². The first-order chi connectivity index (χ1) is 6.76. The normalized spacial score (nSPS) is 12.1. The molecular weight excluding hydrogens is 236 g/mol. The van der Waals surface area contributed by atoms with Gasteiger partial charge in [-0.15, -0.1) is 0 Å². The van der Waals surface area contributed by atoms with Crippen LogP contribution in [-0.4, -0.2) is 31.8 Å². The standard InChI is InChI=1S/C9H13ClN2O2S/c1-6-5-8(9(10)7(2)11-6)15(13,14)12(3)4/h5H,1-4H3. The average Bonchev–Trinajstić information content (AvgIpc) is 2.10. The predicted molar refractivity (Wildman–Crippen MR) is 59.6 cm³/mol. The lowest BCUT2D eigenvalue weighted by molar-refractivity contribution is 0.520. The van der Waals surface area contributed by atoms with Crippen LogP contribution in [0.5, 0.6) is 0 Å². The molecule has 0 atom stereocenters. The molecule has 1 rings (SSSR count). The molecule has 0 fully saturated rings. The Kier molecular flexibility index (Phi) is 3.38. The van der Waals surface area contributed by atoms with E-state index in [1.165, 1.54) is 20.2 Å². The van der Waals surface area contributed by atoms with E-state index < -0.39 is 10.0 Å². The minimum atomic E-state index is -3.49. The fraction of sp³-hybridized carbons (Fsp3) is 0.444. The van der Waals surface area contributed by atoms with Crippen LogP contribution >= 0.6 is 11.6 Å². The van der Waals surface area contributed by atoms with Crippen LogP contribution in [0.3, 0.4) is 0 Å². The van der Waals surface area contributed by atoms with Gasteiger partial charge >= 0.3 is 0 Å². The number of pyridine rings is 1. The SMILES string of the molecule is Cc1cc(S(=O)(=O)N(C)C)c(Cl)c(C)n1. The summed E-state index contributed by atoms with van der Waals surface area (Å²) in [7, 11) is -0.553. The third-order valence-corrected chi connectivity index (χ3v) is 4.41. The van der Waals surface area contributed by atoms with Crippen LogP contribution in [0.25, 0.3) is 0 Å². The van der Waals surface area contributed by atoms with E-state index >= 15 is 0 Å². The molecule has 4 nitrogen and oxygen atoms in total. The Morgan fingerprint density at radius 2 is 1.87 bits per heavy atom. The highest BCUT2D eigenvalue weighted by molar-refractivity contribution is 7.89. The summed E-state index contributed by atoms with van der Waals surface area (Å²) in [6, 6.07) is 1.48. The van der Waals surface area contributed by atoms with Gasteiger partial charge in [-0.3, -0.25) is 4.98 Å². The molecule has 0 aliphatic heterocycles. The van der Waals surface area contributed by atoms with Crippen LogP contribution in [-0.2, 0) is 10.0 Å². The monoisotopic (exact) mass is 248 g/mol. The first-order valence-corrected chi connectivity index (χ1v) is 6.15. The first-order valence-electron chi connectivity index (χ1n) is 4.33. The Morgan fingerprint density at radius 3 is 2.33 bits per heavy atom. The molecule has 0 radical (unpaired) electrons. The molecule has 0 saturated carbocycles. The van der Waals surface area contributed by atoms with E-state index in [0.717, 1.165) is 4.31 Å². The predicted octanol–water partition coefficient (Wildman–Crippen LogP) is 1.60. The second-order valence-electron chi connectivity index (χ2n) is 3.45. The van der Waals surface area contributed by atoms with Crippen molar-refractivity contribution in [1.82, 2.24) is 9.29 Å². The van der Waals surface area contributed by atoms with Crippen LogP contribution < -0.4 is 0 Å². The van der Waals surface area contributed by atoms with E-state index in [9.17, 15) is 8.42 Å². The average molecular weight is 249 g/mol. The molecule has 0 bridgehead atoms. The van der Waals surface area contributed by atoms with Gasteiger partial charge < -0.3 is 0 Å². The zero-order valence-electron chi connectivity index (χ0n) is 9.07. The van der Waals surface area contributed by atoms with Crippen LogP contribution in [0.1, 0.15) is 11.4 Å². The van der Waals surface area contributed by atoms with Crippen LogP contribution in [0.4, 0.5) is 0 Å². The van der Waals surface area contributed by atoms with Crippen LogP contribution in [0.2, 0.25) is 5.02 Å². The van der Waals surface area contributed by atoms with Crippen LogP contribution in [0, 0.1) is 13.8 Å². The van der Waals surface area contributed by atoms with Crippen molar-refractivity contribution in [3.63, 3.8) is 0 Å². The number of halogens is 1. The van der Waals surface area contributed by atoms with E-state index in [2.05, 4.69) is 4.98 Å². The number of sulfonamides is 1. The van der Waals surface area contributed by atoms with E-state index in [1.54, 1.807) is 13.8 Å². The van der Waals surface area contributed by atoms with Crippen molar-refractivity contribution in [3.05, 3.63) is 22.5 Å². The Labute approximate surface area is 94.9 Å². The van der Waals surface area contributed by atoms with Crippen molar-refractivity contribution >= 4 is 21.6 Å². The molecule has 1 aromatic heterocycles. The van der Waals surface area contributed by atoms with E-state index in [-0.39, 0.29) is 9.92 Å². The third kappa shape index (κ3) is 2.30. The quantitative estimate of drug-likeness (QED) is 0.799. The molecule has 0 aliphatic rings. The summed E-state index contributed by atoms with van der Waals surface area (Å²) in [4.78, 5) is 4.20. The van der Waals surface area contributed by atoms with Gasteiger partial charge in [0, 0.05) is 19.8 Å². The molecule has 0 aromatic carbocycles. The summed E-state index contributed by atoms with van der Waals surface area (Å²) in [5.41, 5.74) is 1.16. The van der Waals surface area contributed by atoms with Crippen molar-refractivity contribution in [2.45, 2.75) is 18.7 Å². The summed E-state index contributed by atoms with van der Waals surface area (Å²) in [6.07, 6.45) is 0. The number of aryl methyl sites for hydroxylation is 2. The summed E-state index contributed by atoms with van der Waals surface area (Å²) in [6.45, 7) is 3.42. The third-order valence-electron chi connectivity index (χ3n) is 1.98. The summed E-state index contributed by atoms with van der Waals surface area (Å²) in [5.74, 6) is 0. The molecule has 15 heavy (non-hydrogen) atoms. The smallest absolute Gasteiger partial charge is 0.244 e. The Morgan fingerprint density at radius 1 is 1.33 bits per heavy atom. The molecule has 1 aromatic rings. The molecule has 0 saturated heterocycles. The Hall–Kier alpha value is -0.650. The van der Waals surface area contributed by atoms with Crippen molar-refractivity contribution < 1.29 is 8.42 Å². The maximum Gasteiger partial charge on any atom is 0.244 e. The maximum absolute atomic E-state index is 11.9. The van der Waals surface area contributed by atoms with Gasteiger partial charge in [-0.1, -0.05) is 11.6 Å². The molecule has 0 amide bonds. The van der Waals surface area contributed by atoms with Gasteiger partial charge in [-0.2, -0.15) is 0 Å². The van der Waals surface area contributed by atoms with Gasteiger partial charge in [-0.25, -0.2) is 12.7 Å².